The summed E-state index contributed by atoms with van der Waals surface area (Å²) in [6.45, 7) is 1.47. The summed E-state index contributed by atoms with van der Waals surface area (Å²) in [6, 6.07) is 14.1. The molecule has 0 atom stereocenters. The molecule has 0 radical (unpaired) electrons. The molecule has 0 saturated carbocycles. The summed E-state index contributed by atoms with van der Waals surface area (Å²) in [4.78, 5) is 22.7. The second kappa shape index (κ2) is 6.67. The van der Waals surface area contributed by atoms with E-state index in [1.807, 2.05) is 30.3 Å². The average Bonchev–Trinajstić information content (AvgIpc) is 2.50. The highest BCUT2D eigenvalue weighted by molar-refractivity contribution is 5.97. The molecule has 0 amide bonds. The van der Waals surface area contributed by atoms with E-state index < -0.39 is 11.9 Å². The highest BCUT2D eigenvalue weighted by Gasteiger charge is 2.13. The minimum absolute atomic E-state index is 0.273. The fraction of sp³-hybridized carbons (Fsp3) is 0.125. The molecule has 0 aromatic heterocycles. The van der Waals surface area contributed by atoms with Gasteiger partial charge in [0.15, 0.2) is 0 Å². The third kappa shape index (κ3) is 3.90. The molecule has 108 valence electrons. The van der Waals surface area contributed by atoms with E-state index in [-0.39, 0.29) is 12.1 Å². The van der Waals surface area contributed by atoms with Crippen LogP contribution in [0.25, 0.3) is 0 Å². The van der Waals surface area contributed by atoms with Crippen LogP contribution in [0.15, 0.2) is 48.5 Å². The van der Waals surface area contributed by atoms with Crippen LogP contribution in [0.2, 0.25) is 0 Å². The zero-order chi connectivity index (χ0) is 15.2. The van der Waals surface area contributed by atoms with Gasteiger partial charge >= 0.3 is 11.9 Å². The van der Waals surface area contributed by atoms with Gasteiger partial charge in [-0.3, -0.25) is 4.79 Å². The van der Waals surface area contributed by atoms with Crippen molar-refractivity contribution >= 4 is 11.9 Å². The highest BCUT2D eigenvalue weighted by Crippen LogP contribution is 2.25. The molecule has 0 saturated heterocycles. The molecule has 2 N–H and O–H groups in total. The third-order valence-electron chi connectivity index (χ3n) is 2.75. The number of nitrogens with two attached hydrogens (primary N) is 1. The second-order valence-electron chi connectivity index (χ2n) is 4.36. The van der Waals surface area contributed by atoms with Crippen molar-refractivity contribution in [2.75, 3.05) is 6.54 Å². The van der Waals surface area contributed by atoms with Crippen molar-refractivity contribution in [1.82, 2.24) is 0 Å². The van der Waals surface area contributed by atoms with E-state index in [1.165, 1.54) is 6.07 Å². The van der Waals surface area contributed by atoms with Gasteiger partial charge in [0.05, 0.1) is 12.1 Å². The number of rotatable bonds is 4. The maximum absolute atomic E-state index is 11.7. The Hall–Kier alpha value is -2.66. The lowest BCUT2D eigenvalue weighted by molar-refractivity contribution is -0.136. The summed E-state index contributed by atoms with van der Waals surface area (Å²) in [7, 11) is 0. The zero-order valence-corrected chi connectivity index (χ0v) is 11.5. The fourth-order valence-electron chi connectivity index (χ4n) is 1.71. The molecule has 2 aromatic carbocycles. The Morgan fingerprint density at radius 3 is 2.43 bits per heavy atom. The van der Waals surface area contributed by atoms with Crippen molar-refractivity contribution < 1.29 is 19.1 Å². The molecule has 2 rings (SSSR count). The van der Waals surface area contributed by atoms with Crippen LogP contribution >= 0.6 is 0 Å². The van der Waals surface area contributed by atoms with Crippen molar-refractivity contribution in [2.45, 2.75) is 6.92 Å². The molecule has 0 spiro atoms. The van der Waals surface area contributed by atoms with Crippen molar-refractivity contribution in [2.24, 2.45) is 5.73 Å². The minimum atomic E-state index is -0.762. The summed E-state index contributed by atoms with van der Waals surface area (Å²) in [5, 5.41) is 0. The molecule has 0 unspecified atom stereocenters. The van der Waals surface area contributed by atoms with E-state index in [0.717, 1.165) is 5.56 Å². The summed E-state index contributed by atoms with van der Waals surface area (Å²) < 4.78 is 10.3. The van der Waals surface area contributed by atoms with Gasteiger partial charge in [0, 0.05) is 0 Å². The number of aryl methyl sites for hydroxylation is 1. The van der Waals surface area contributed by atoms with Crippen LogP contribution in [-0.4, -0.2) is 18.5 Å². The van der Waals surface area contributed by atoms with Gasteiger partial charge < -0.3 is 15.2 Å². The molecule has 21 heavy (non-hydrogen) atoms. The summed E-state index contributed by atoms with van der Waals surface area (Å²) in [5.74, 6) is -0.154. The number of carbonyl (C=O) groups is 2. The Morgan fingerprint density at radius 2 is 1.81 bits per heavy atom. The predicted molar refractivity (Wildman–Crippen MR) is 77.2 cm³/mol. The first-order chi connectivity index (χ1) is 10.1. The fourth-order valence-corrected chi connectivity index (χ4v) is 1.71. The van der Waals surface area contributed by atoms with Gasteiger partial charge in [-0.25, -0.2) is 4.79 Å². The molecule has 0 aliphatic heterocycles. The smallest absolute Gasteiger partial charge is 0.345 e. The standard InChI is InChI=1S/C16H15NO4/c1-11-9-12(16(19)21-15(18)10-17)7-8-14(11)20-13-5-3-2-4-6-13/h2-9H,10,17H2,1H3. The second-order valence-corrected chi connectivity index (χ2v) is 4.36. The van der Waals surface area contributed by atoms with Gasteiger partial charge in [-0.1, -0.05) is 18.2 Å². The number of hydrogen-bond donors (Lipinski definition) is 1. The maximum Gasteiger partial charge on any atom is 0.345 e. The van der Waals surface area contributed by atoms with Crippen molar-refractivity contribution in [3.8, 4) is 11.5 Å². The summed E-state index contributed by atoms with van der Waals surface area (Å²) in [6.07, 6.45) is 0. The lowest BCUT2D eigenvalue weighted by Crippen LogP contribution is -2.20. The maximum atomic E-state index is 11.7. The van der Waals surface area contributed by atoms with Crippen LogP contribution in [0, 0.1) is 6.92 Å². The average molecular weight is 285 g/mol. The zero-order valence-electron chi connectivity index (χ0n) is 11.5. The highest BCUT2D eigenvalue weighted by atomic mass is 16.6. The van der Waals surface area contributed by atoms with Crippen LogP contribution < -0.4 is 10.5 Å². The van der Waals surface area contributed by atoms with Gasteiger partial charge in [-0.05, 0) is 42.8 Å². The molecule has 0 aliphatic rings. The van der Waals surface area contributed by atoms with Gasteiger partial charge in [0.2, 0.25) is 0 Å². The Balaban J connectivity index is 2.14. The SMILES string of the molecule is Cc1cc(C(=O)OC(=O)CN)ccc1Oc1ccccc1. The summed E-state index contributed by atoms with van der Waals surface area (Å²) in [5.41, 5.74) is 6.12. The van der Waals surface area contributed by atoms with E-state index >= 15 is 0 Å². The lowest BCUT2D eigenvalue weighted by Gasteiger charge is -2.09. The number of benzene rings is 2. The molecule has 0 fully saturated rings. The number of para-hydroxylation sites is 1. The normalized spacial score (nSPS) is 10.0. The quantitative estimate of drug-likeness (QED) is 0.689. The van der Waals surface area contributed by atoms with Gasteiger partial charge in [-0.2, -0.15) is 0 Å². The van der Waals surface area contributed by atoms with Crippen LogP contribution in [0.4, 0.5) is 0 Å². The molecule has 0 aliphatic carbocycles. The minimum Gasteiger partial charge on any atom is -0.457 e. The van der Waals surface area contributed by atoms with Crippen molar-refractivity contribution in [1.29, 1.82) is 0 Å². The van der Waals surface area contributed by atoms with E-state index in [1.54, 1.807) is 19.1 Å². The number of esters is 2. The van der Waals surface area contributed by atoms with E-state index in [2.05, 4.69) is 4.74 Å². The number of hydrogen-bond acceptors (Lipinski definition) is 5. The molecule has 5 nitrogen and oxygen atoms in total. The predicted octanol–water partition coefficient (Wildman–Crippen LogP) is 2.43. The number of ether oxygens (including phenoxy) is 2. The van der Waals surface area contributed by atoms with E-state index in [0.29, 0.717) is 11.5 Å². The Kier molecular flexibility index (Phi) is 4.68. The van der Waals surface area contributed by atoms with Crippen LogP contribution in [-0.2, 0) is 9.53 Å². The first-order valence-electron chi connectivity index (χ1n) is 6.39. The Labute approximate surface area is 122 Å². The number of carbonyl (C=O) groups excluding carboxylic acids is 2. The Bertz CT molecular complexity index is 653. The lowest BCUT2D eigenvalue weighted by atomic mass is 10.1. The monoisotopic (exact) mass is 285 g/mol. The van der Waals surface area contributed by atoms with E-state index in [4.69, 9.17) is 10.5 Å². The molecule has 5 heteroatoms. The van der Waals surface area contributed by atoms with Crippen LogP contribution in [0.3, 0.4) is 0 Å². The first-order valence-corrected chi connectivity index (χ1v) is 6.39. The molecular weight excluding hydrogens is 270 g/mol. The van der Waals surface area contributed by atoms with Crippen molar-refractivity contribution in [3.63, 3.8) is 0 Å². The first kappa shape index (κ1) is 14.7. The largest absolute Gasteiger partial charge is 0.457 e. The van der Waals surface area contributed by atoms with Crippen LogP contribution in [0.5, 0.6) is 11.5 Å². The van der Waals surface area contributed by atoms with Crippen molar-refractivity contribution in [3.05, 3.63) is 59.7 Å². The summed E-state index contributed by atoms with van der Waals surface area (Å²) >= 11 is 0. The molecular formula is C16H15NO4. The van der Waals surface area contributed by atoms with Gasteiger partial charge in [0.1, 0.15) is 11.5 Å². The molecule has 2 aromatic rings. The van der Waals surface area contributed by atoms with Crippen LogP contribution in [0.1, 0.15) is 15.9 Å². The Morgan fingerprint density at radius 1 is 1.10 bits per heavy atom. The third-order valence-corrected chi connectivity index (χ3v) is 2.75. The van der Waals surface area contributed by atoms with Gasteiger partial charge in [-0.15, -0.1) is 0 Å². The van der Waals surface area contributed by atoms with Gasteiger partial charge in [0.25, 0.3) is 0 Å². The topological polar surface area (TPSA) is 78.6 Å². The van der Waals surface area contributed by atoms with E-state index in [9.17, 15) is 9.59 Å². The molecule has 0 heterocycles. The molecule has 0 bridgehead atoms.